The molecule has 0 radical (unpaired) electrons. The van der Waals surface area contributed by atoms with Gasteiger partial charge in [-0.05, 0) is 29.8 Å². The highest BCUT2D eigenvalue weighted by Crippen LogP contribution is 2.20. The van der Waals surface area contributed by atoms with E-state index < -0.39 is 10.0 Å². The van der Waals surface area contributed by atoms with Crippen molar-refractivity contribution in [1.82, 2.24) is 9.97 Å². The van der Waals surface area contributed by atoms with Crippen LogP contribution in [-0.4, -0.2) is 18.4 Å². The molecule has 0 aliphatic heterocycles. The standard InChI is InChI=1S/C10H9ClN4O2S/c11-10-13-6-5-9(14-10)15-18(16,17)8-4-2-1-3-7(8)12/h1-6H,12H2,(H,13,14,15). The van der Waals surface area contributed by atoms with Crippen molar-refractivity contribution in [3.8, 4) is 0 Å². The molecule has 8 heteroatoms. The Morgan fingerprint density at radius 2 is 1.94 bits per heavy atom. The predicted molar refractivity (Wildman–Crippen MR) is 68.7 cm³/mol. The molecule has 0 aliphatic carbocycles. The van der Waals surface area contributed by atoms with Crippen molar-refractivity contribution >= 4 is 33.1 Å². The number of nitrogen functional groups attached to an aromatic ring is 1. The Kier molecular flexibility index (Phi) is 3.35. The Hall–Kier alpha value is -1.86. The van der Waals surface area contributed by atoms with Crippen LogP contribution in [0.15, 0.2) is 41.4 Å². The van der Waals surface area contributed by atoms with Crippen LogP contribution in [0.5, 0.6) is 0 Å². The fourth-order valence-corrected chi connectivity index (χ4v) is 2.59. The minimum absolute atomic E-state index is 0.0141. The minimum atomic E-state index is -3.78. The number of hydrogen-bond donors (Lipinski definition) is 2. The zero-order valence-electron chi connectivity index (χ0n) is 9.04. The zero-order valence-corrected chi connectivity index (χ0v) is 10.6. The van der Waals surface area contributed by atoms with E-state index in [0.29, 0.717) is 0 Å². The van der Waals surface area contributed by atoms with Gasteiger partial charge < -0.3 is 5.73 Å². The van der Waals surface area contributed by atoms with Gasteiger partial charge in [-0.1, -0.05) is 12.1 Å². The van der Waals surface area contributed by atoms with Crippen molar-refractivity contribution in [2.75, 3.05) is 10.5 Å². The molecule has 0 atom stereocenters. The van der Waals surface area contributed by atoms with Crippen LogP contribution in [0.1, 0.15) is 0 Å². The van der Waals surface area contributed by atoms with Crippen LogP contribution in [0.3, 0.4) is 0 Å². The van der Waals surface area contributed by atoms with Gasteiger partial charge in [0.05, 0.1) is 5.69 Å². The van der Waals surface area contributed by atoms with E-state index in [9.17, 15) is 8.42 Å². The summed E-state index contributed by atoms with van der Waals surface area (Å²) in [6.07, 6.45) is 1.35. The van der Waals surface area contributed by atoms with Crippen molar-refractivity contribution < 1.29 is 8.42 Å². The summed E-state index contributed by atoms with van der Waals surface area (Å²) in [6.45, 7) is 0. The molecule has 0 spiro atoms. The van der Waals surface area contributed by atoms with Gasteiger partial charge in [0.25, 0.3) is 10.0 Å². The molecule has 0 bridgehead atoms. The van der Waals surface area contributed by atoms with Crippen LogP contribution in [0, 0.1) is 0 Å². The van der Waals surface area contributed by atoms with E-state index >= 15 is 0 Å². The van der Waals surface area contributed by atoms with Gasteiger partial charge in [0.2, 0.25) is 5.28 Å². The number of para-hydroxylation sites is 1. The number of sulfonamides is 1. The summed E-state index contributed by atoms with van der Waals surface area (Å²) < 4.78 is 26.4. The molecule has 94 valence electrons. The number of hydrogen-bond acceptors (Lipinski definition) is 5. The first-order valence-corrected chi connectivity index (χ1v) is 6.71. The van der Waals surface area contributed by atoms with Crippen molar-refractivity contribution in [2.45, 2.75) is 4.90 Å². The molecule has 0 saturated heterocycles. The third-order valence-electron chi connectivity index (χ3n) is 2.07. The number of halogens is 1. The zero-order chi connectivity index (χ0) is 13.2. The highest BCUT2D eigenvalue weighted by atomic mass is 35.5. The van der Waals surface area contributed by atoms with Crippen LogP contribution >= 0.6 is 11.6 Å². The van der Waals surface area contributed by atoms with E-state index in [1.807, 2.05) is 0 Å². The Labute approximate surface area is 109 Å². The highest BCUT2D eigenvalue weighted by molar-refractivity contribution is 7.92. The minimum Gasteiger partial charge on any atom is -0.398 e. The van der Waals surface area contributed by atoms with Crippen LogP contribution in [-0.2, 0) is 10.0 Å². The number of nitrogens with two attached hydrogens (primary N) is 1. The van der Waals surface area contributed by atoms with Crippen molar-refractivity contribution in [1.29, 1.82) is 0 Å². The molecule has 0 amide bonds. The van der Waals surface area contributed by atoms with E-state index in [2.05, 4.69) is 14.7 Å². The van der Waals surface area contributed by atoms with Crippen molar-refractivity contribution in [3.63, 3.8) is 0 Å². The van der Waals surface area contributed by atoms with Gasteiger partial charge in [-0.15, -0.1) is 0 Å². The fraction of sp³-hybridized carbons (Fsp3) is 0. The number of benzene rings is 1. The molecule has 18 heavy (non-hydrogen) atoms. The Morgan fingerprint density at radius 1 is 1.22 bits per heavy atom. The summed E-state index contributed by atoms with van der Waals surface area (Å²) in [5.74, 6) is 0.0817. The predicted octanol–water partition coefficient (Wildman–Crippen LogP) is 1.51. The van der Waals surface area contributed by atoms with Crippen LogP contribution in [0.25, 0.3) is 0 Å². The van der Waals surface area contributed by atoms with Crippen molar-refractivity contribution in [2.24, 2.45) is 0 Å². The number of rotatable bonds is 3. The van der Waals surface area contributed by atoms with Crippen molar-refractivity contribution in [3.05, 3.63) is 41.8 Å². The van der Waals surface area contributed by atoms with Gasteiger partial charge in [-0.2, -0.15) is 4.98 Å². The first-order valence-electron chi connectivity index (χ1n) is 4.85. The van der Waals surface area contributed by atoms with Gasteiger partial charge in [0.1, 0.15) is 10.7 Å². The maximum absolute atomic E-state index is 12.0. The molecule has 3 N–H and O–H groups in total. The van der Waals surface area contributed by atoms with Crippen LogP contribution < -0.4 is 10.5 Å². The van der Waals surface area contributed by atoms with Gasteiger partial charge >= 0.3 is 0 Å². The lowest BCUT2D eigenvalue weighted by Gasteiger charge is -2.08. The maximum Gasteiger partial charge on any atom is 0.265 e. The Morgan fingerprint density at radius 3 is 2.61 bits per heavy atom. The molecule has 1 aromatic carbocycles. The molecule has 1 aromatic heterocycles. The first kappa shape index (κ1) is 12.6. The lowest BCUT2D eigenvalue weighted by atomic mass is 10.3. The Bertz CT molecular complexity index is 675. The van der Waals surface area contributed by atoms with E-state index in [1.165, 1.54) is 24.4 Å². The third-order valence-corrected chi connectivity index (χ3v) is 3.68. The van der Waals surface area contributed by atoms with Crippen LogP contribution in [0.4, 0.5) is 11.5 Å². The second-order valence-electron chi connectivity index (χ2n) is 3.35. The van der Waals surface area contributed by atoms with Gasteiger partial charge in [0, 0.05) is 6.20 Å². The molecule has 2 aromatic rings. The number of nitrogens with one attached hydrogen (secondary N) is 1. The second kappa shape index (κ2) is 4.79. The summed E-state index contributed by atoms with van der Waals surface area (Å²) in [7, 11) is -3.78. The summed E-state index contributed by atoms with van der Waals surface area (Å²) >= 11 is 5.57. The normalized spacial score (nSPS) is 11.2. The average molecular weight is 285 g/mol. The summed E-state index contributed by atoms with van der Waals surface area (Å²) in [5.41, 5.74) is 5.77. The molecule has 1 heterocycles. The molecule has 6 nitrogen and oxygen atoms in total. The lowest BCUT2D eigenvalue weighted by molar-refractivity contribution is 0.601. The monoisotopic (exact) mass is 284 g/mol. The molecule has 0 aliphatic rings. The van der Waals surface area contributed by atoms with E-state index in [-0.39, 0.29) is 21.7 Å². The quantitative estimate of drug-likeness (QED) is 0.658. The SMILES string of the molecule is Nc1ccccc1S(=O)(=O)Nc1ccnc(Cl)n1. The number of aromatic nitrogens is 2. The largest absolute Gasteiger partial charge is 0.398 e. The maximum atomic E-state index is 12.0. The second-order valence-corrected chi connectivity index (χ2v) is 5.34. The molecule has 0 fully saturated rings. The summed E-state index contributed by atoms with van der Waals surface area (Å²) in [5, 5.41) is -0.0452. The summed E-state index contributed by atoms with van der Waals surface area (Å²) in [4.78, 5) is 7.38. The highest BCUT2D eigenvalue weighted by Gasteiger charge is 2.17. The molecule has 0 unspecified atom stereocenters. The van der Waals surface area contributed by atoms with Crippen LogP contribution in [0.2, 0.25) is 5.28 Å². The number of nitrogens with zero attached hydrogens (tertiary/aromatic N) is 2. The van der Waals surface area contributed by atoms with Gasteiger partial charge in [-0.3, -0.25) is 4.72 Å². The molecule has 2 rings (SSSR count). The average Bonchev–Trinajstić information content (AvgIpc) is 2.28. The van der Waals surface area contributed by atoms with E-state index in [0.717, 1.165) is 0 Å². The fourth-order valence-electron chi connectivity index (χ4n) is 1.31. The van der Waals surface area contributed by atoms with Gasteiger partial charge in [-0.25, -0.2) is 13.4 Å². The molecular weight excluding hydrogens is 276 g/mol. The third kappa shape index (κ3) is 2.69. The lowest BCUT2D eigenvalue weighted by Crippen LogP contribution is -2.15. The topological polar surface area (TPSA) is 98.0 Å². The number of anilines is 2. The van der Waals surface area contributed by atoms with E-state index in [1.54, 1.807) is 12.1 Å². The first-order chi connectivity index (χ1) is 8.49. The van der Waals surface area contributed by atoms with Gasteiger partial charge in [0.15, 0.2) is 0 Å². The molecular formula is C10H9ClN4O2S. The Balaban J connectivity index is 2.37. The molecule has 0 saturated carbocycles. The summed E-state index contributed by atoms with van der Waals surface area (Å²) in [6, 6.07) is 7.53. The van der Waals surface area contributed by atoms with E-state index in [4.69, 9.17) is 17.3 Å². The smallest absolute Gasteiger partial charge is 0.265 e.